The molecule has 2 nitrogen and oxygen atoms in total. The van der Waals surface area contributed by atoms with Gasteiger partial charge in [0.05, 0.1) is 5.92 Å². The highest BCUT2D eigenvalue weighted by Crippen LogP contribution is 2.41. The van der Waals surface area contributed by atoms with E-state index < -0.39 is 5.97 Å². The molecule has 0 radical (unpaired) electrons. The van der Waals surface area contributed by atoms with E-state index in [9.17, 15) is 4.79 Å². The summed E-state index contributed by atoms with van der Waals surface area (Å²) in [6, 6.07) is 0. The van der Waals surface area contributed by atoms with E-state index >= 15 is 0 Å². The van der Waals surface area contributed by atoms with E-state index in [1.54, 1.807) is 0 Å². The SMILES string of the molecule is CCC1CCC(C2CCC(C(=O)O)CC2)CC1. The van der Waals surface area contributed by atoms with Crippen LogP contribution in [0.25, 0.3) is 0 Å². The van der Waals surface area contributed by atoms with Crippen LogP contribution in [0, 0.1) is 23.7 Å². The summed E-state index contributed by atoms with van der Waals surface area (Å²) >= 11 is 0. The lowest BCUT2D eigenvalue weighted by molar-refractivity contribution is -0.143. The molecule has 0 aromatic heterocycles. The molecule has 2 aliphatic carbocycles. The summed E-state index contributed by atoms with van der Waals surface area (Å²) in [6.07, 6.45) is 11.2. The maximum atomic E-state index is 10.9. The van der Waals surface area contributed by atoms with Crippen molar-refractivity contribution >= 4 is 5.97 Å². The molecule has 2 fully saturated rings. The van der Waals surface area contributed by atoms with Crippen molar-refractivity contribution in [1.82, 2.24) is 0 Å². The average Bonchev–Trinajstić information content (AvgIpc) is 2.39. The Bertz CT molecular complexity index is 246. The van der Waals surface area contributed by atoms with Crippen LogP contribution < -0.4 is 0 Å². The summed E-state index contributed by atoms with van der Waals surface area (Å²) in [5.41, 5.74) is 0. The van der Waals surface area contributed by atoms with Crippen molar-refractivity contribution in [3.05, 3.63) is 0 Å². The van der Waals surface area contributed by atoms with Gasteiger partial charge < -0.3 is 5.11 Å². The fourth-order valence-electron chi connectivity index (χ4n) is 3.91. The molecule has 0 aromatic carbocycles. The lowest BCUT2D eigenvalue weighted by atomic mass is 9.69. The lowest BCUT2D eigenvalue weighted by Gasteiger charge is -2.36. The van der Waals surface area contributed by atoms with E-state index in [0.29, 0.717) is 0 Å². The third kappa shape index (κ3) is 3.23. The molecule has 2 saturated carbocycles. The maximum Gasteiger partial charge on any atom is 0.306 e. The van der Waals surface area contributed by atoms with Crippen molar-refractivity contribution in [3.63, 3.8) is 0 Å². The summed E-state index contributed by atoms with van der Waals surface area (Å²) in [5.74, 6) is 2.11. The highest BCUT2D eigenvalue weighted by Gasteiger charge is 2.32. The zero-order valence-electron chi connectivity index (χ0n) is 11.0. The van der Waals surface area contributed by atoms with Crippen LogP contribution in [0.5, 0.6) is 0 Å². The van der Waals surface area contributed by atoms with Crippen molar-refractivity contribution in [1.29, 1.82) is 0 Å². The summed E-state index contributed by atoms with van der Waals surface area (Å²) in [7, 11) is 0. The zero-order chi connectivity index (χ0) is 12.3. The standard InChI is InChI=1S/C15H26O2/c1-2-11-3-5-12(6-4-11)13-7-9-14(10-8-13)15(16)17/h11-14H,2-10H2,1H3,(H,16,17). The largest absolute Gasteiger partial charge is 0.481 e. The minimum Gasteiger partial charge on any atom is -0.481 e. The molecule has 0 spiro atoms. The first-order valence-corrected chi connectivity index (χ1v) is 7.43. The van der Waals surface area contributed by atoms with Crippen LogP contribution in [-0.2, 0) is 4.79 Å². The summed E-state index contributed by atoms with van der Waals surface area (Å²) in [5, 5.41) is 9.00. The van der Waals surface area contributed by atoms with Gasteiger partial charge in [-0.3, -0.25) is 4.79 Å². The van der Waals surface area contributed by atoms with Crippen molar-refractivity contribution in [2.45, 2.75) is 64.7 Å². The predicted octanol–water partition coefficient (Wildman–Crippen LogP) is 4.09. The average molecular weight is 238 g/mol. The molecule has 0 heterocycles. The first-order valence-electron chi connectivity index (χ1n) is 7.43. The third-order valence-corrected chi connectivity index (χ3v) is 5.26. The molecule has 0 saturated heterocycles. The number of rotatable bonds is 3. The van der Waals surface area contributed by atoms with E-state index in [4.69, 9.17) is 5.11 Å². The minimum absolute atomic E-state index is 0.0433. The van der Waals surface area contributed by atoms with Gasteiger partial charge >= 0.3 is 5.97 Å². The van der Waals surface area contributed by atoms with Crippen LogP contribution in [-0.4, -0.2) is 11.1 Å². The number of carboxylic acids is 1. The first-order chi connectivity index (χ1) is 8.20. The fourth-order valence-corrected chi connectivity index (χ4v) is 3.91. The van der Waals surface area contributed by atoms with Crippen molar-refractivity contribution in [2.24, 2.45) is 23.7 Å². The minimum atomic E-state index is -0.571. The van der Waals surface area contributed by atoms with Gasteiger partial charge in [-0.15, -0.1) is 0 Å². The Kier molecular flexibility index (Phi) is 4.47. The van der Waals surface area contributed by atoms with E-state index in [1.165, 1.54) is 44.9 Å². The van der Waals surface area contributed by atoms with Gasteiger partial charge in [0.15, 0.2) is 0 Å². The van der Waals surface area contributed by atoms with Gasteiger partial charge in [0.1, 0.15) is 0 Å². The maximum absolute atomic E-state index is 10.9. The lowest BCUT2D eigenvalue weighted by Crippen LogP contribution is -2.28. The Morgan fingerprint density at radius 1 is 0.941 bits per heavy atom. The number of hydrogen-bond donors (Lipinski definition) is 1. The molecule has 0 amide bonds. The molecule has 2 aliphatic rings. The Morgan fingerprint density at radius 2 is 1.41 bits per heavy atom. The van der Waals surface area contributed by atoms with Crippen LogP contribution in [0.15, 0.2) is 0 Å². The van der Waals surface area contributed by atoms with Gasteiger partial charge in [-0.1, -0.05) is 26.2 Å². The van der Waals surface area contributed by atoms with Gasteiger partial charge in [0, 0.05) is 0 Å². The van der Waals surface area contributed by atoms with E-state index in [2.05, 4.69) is 6.92 Å². The Balaban J connectivity index is 1.76. The van der Waals surface area contributed by atoms with Crippen LogP contribution in [0.1, 0.15) is 64.7 Å². The number of aliphatic carboxylic acids is 1. The van der Waals surface area contributed by atoms with Crippen molar-refractivity contribution < 1.29 is 9.90 Å². The Morgan fingerprint density at radius 3 is 1.82 bits per heavy atom. The van der Waals surface area contributed by atoms with Gasteiger partial charge in [-0.25, -0.2) is 0 Å². The molecule has 17 heavy (non-hydrogen) atoms. The van der Waals surface area contributed by atoms with Crippen LogP contribution in [0.4, 0.5) is 0 Å². The van der Waals surface area contributed by atoms with E-state index in [-0.39, 0.29) is 5.92 Å². The van der Waals surface area contributed by atoms with Crippen LogP contribution in [0.3, 0.4) is 0 Å². The monoisotopic (exact) mass is 238 g/mol. The summed E-state index contributed by atoms with van der Waals surface area (Å²) in [6.45, 7) is 2.31. The smallest absolute Gasteiger partial charge is 0.306 e. The third-order valence-electron chi connectivity index (χ3n) is 5.26. The van der Waals surface area contributed by atoms with Gasteiger partial charge in [0.2, 0.25) is 0 Å². The highest BCUT2D eigenvalue weighted by atomic mass is 16.4. The highest BCUT2D eigenvalue weighted by molar-refractivity contribution is 5.69. The molecule has 0 bridgehead atoms. The number of carbonyl (C=O) groups is 1. The number of hydrogen-bond acceptors (Lipinski definition) is 1. The normalized spacial score (nSPS) is 38.9. The molecule has 0 unspecified atom stereocenters. The zero-order valence-corrected chi connectivity index (χ0v) is 11.0. The first kappa shape index (κ1) is 12.9. The molecule has 98 valence electrons. The second-order valence-corrected chi connectivity index (χ2v) is 6.14. The summed E-state index contributed by atoms with van der Waals surface area (Å²) < 4.78 is 0. The number of carboxylic acid groups (broad SMARTS) is 1. The predicted molar refractivity (Wildman–Crippen MR) is 68.8 cm³/mol. The van der Waals surface area contributed by atoms with Crippen LogP contribution in [0.2, 0.25) is 0 Å². The topological polar surface area (TPSA) is 37.3 Å². The van der Waals surface area contributed by atoms with E-state index in [1.807, 2.05) is 0 Å². The summed E-state index contributed by atoms with van der Waals surface area (Å²) in [4.78, 5) is 10.9. The van der Waals surface area contributed by atoms with Crippen LogP contribution >= 0.6 is 0 Å². The van der Waals surface area contributed by atoms with Crippen molar-refractivity contribution in [3.8, 4) is 0 Å². The Hall–Kier alpha value is -0.530. The second kappa shape index (κ2) is 5.88. The molecular formula is C15H26O2. The molecule has 2 heteroatoms. The molecule has 0 aliphatic heterocycles. The molecule has 0 aromatic rings. The molecule has 1 N–H and O–H groups in total. The Labute approximate surface area is 105 Å². The fraction of sp³-hybridized carbons (Fsp3) is 0.933. The molecule has 0 atom stereocenters. The second-order valence-electron chi connectivity index (χ2n) is 6.14. The molecule has 2 rings (SSSR count). The molecular weight excluding hydrogens is 212 g/mol. The van der Waals surface area contributed by atoms with Gasteiger partial charge in [0.25, 0.3) is 0 Å². The van der Waals surface area contributed by atoms with E-state index in [0.717, 1.165) is 30.6 Å². The van der Waals surface area contributed by atoms with Gasteiger partial charge in [-0.05, 0) is 56.3 Å². The van der Waals surface area contributed by atoms with Gasteiger partial charge in [-0.2, -0.15) is 0 Å². The quantitative estimate of drug-likeness (QED) is 0.804. The van der Waals surface area contributed by atoms with Crippen molar-refractivity contribution in [2.75, 3.05) is 0 Å².